The third kappa shape index (κ3) is 5.07. The Morgan fingerprint density at radius 1 is 0.970 bits per heavy atom. The van der Waals surface area contributed by atoms with Gasteiger partial charge in [0.1, 0.15) is 36.1 Å². The molecule has 7 heteroatoms. The molecule has 1 heterocycles. The molecule has 0 spiro atoms. The molecular weight excluding hydrogens is 425 g/mol. The molecule has 0 unspecified atom stereocenters. The van der Waals surface area contributed by atoms with Crippen LogP contribution in [0.5, 0.6) is 5.75 Å². The van der Waals surface area contributed by atoms with Crippen molar-refractivity contribution < 1.29 is 28.5 Å². The van der Waals surface area contributed by atoms with E-state index in [1.165, 1.54) is 0 Å². The summed E-state index contributed by atoms with van der Waals surface area (Å²) in [7, 11) is 1.58. The summed E-state index contributed by atoms with van der Waals surface area (Å²) in [5.74, 6) is 0.798. The Bertz CT molecular complexity index is 1250. The molecule has 0 aliphatic carbocycles. The van der Waals surface area contributed by atoms with Gasteiger partial charge < -0.3 is 29.8 Å². The molecule has 3 aromatic carbocycles. The number of hydrogen-bond donors (Lipinski definition) is 3. The van der Waals surface area contributed by atoms with E-state index in [1.807, 2.05) is 30.3 Å². The number of nitrogens with two attached hydrogens (primary N) is 1. The first-order chi connectivity index (χ1) is 16.0. The molecule has 0 bridgehead atoms. The van der Waals surface area contributed by atoms with Crippen LogP contribution in [-0.2, 0) is 30.9 Å². The fourth-order valence-corrected chi connectivity index (χ4v) is 3.88. The van der Waals surface area contributed by atoms with Crippen molar-refractivity contribution in [1.82, 2.24) is 0 Å². The Morgan fingerprint density at radius 2 is 1.76 bits per heavy atom. The molecule has 0 radical (unpaired) electrons. The molecule has 0 saturated carbocycles. The highest BCUT2D eigenvalue weighted by atomic mass is 19.1. The maximum absolute atomic E-state index is 15.2. The average Bonchev–Trinajstić information content (AvgIpc) is 3.20. The summed E-state index contributed by atoms with van der Waals surface area (Å²) in [5, 5.41) is 19.5. The van der Waals surface area contributed by atoms with Crippen molar-refractivity contribution in [3.63, 3.8) is 0 Å². The average molecular weight is 451 g/mol. The topological polar surface area (TPSA) is 98.1 Å². The van der Waals surface area contributed by atoms with E-state index in [-0.39, 0.29) is 25.4 Å². The molecule has 0 fully saturated rings. The largest absolute Gasteiger partial charge is 0.489 e. The highest BCUT2D eigenvalue weighted by Crippen LogP contribution is 2.35. The van der Waals surface area contributed by atoms with Crippen LogP contribution < -0.4 is 10.5 Å². The monoisotopic (exact) mass is 451 g/mol. The van der Waals surface area contributed by atoms with Gasteiger partial charge in [0.15, 0.2) is 6.29 Å². The normalized spacial score (nSPS) is 11.5. The molecule has 4 aromatic rings. The number of para-hydroxylation sites is 1. The second kappa shape index (κ2) is 10.1. The van der Waals surface area contributed by atoms with Crippen LogP contribution in [0.4, 0.5) is 4.39 Å². The summed E-state index contributed by atoms with van der Waals surface area (Å²) in [6.45, 7) is 0.582. The predicted octanol–water partition coefficient (Wildman–Crippen LogP) is 4.28. The molecule has 1 aromatic heterocycles. The Morgan fingerprint density at radius 3 is 2.52 bits per heavy atom. The molecule has 0 aliphatic heterocycles. The first kappa shape index (κ1) is 22.9. The Labute approximate surface area is 191 Å². The number of methoxy groups -OCH3 is 1. The molecule has 6 nitrogen and oxygen atoms in total. The van der Waals surface area contributed by atoms with Gasteiger partial charge in [-0.25, -0.2) is 4.39 Å². The van der Waals surface area contributed by atoms with E-state index >= 15 is 4.39 Å². The minimum Gasteiger partial charge on any atom is -0.489 e. The zero-order valence-electron chi connectivity index (χ0n) is 18.3. The fraction of sp³-hybridized carbons (Fsp3) is 0.231. The van der Waals surface area contributed by atoms with Crippen molar-refractivity contribution >= 4 is 11.0 Å². The van der Waals surface area contributed by atoms with Crippen molar-refractivity contribution in [2.75, 3.05) is 7.11 Å². The van der Waals surface area contributed by atoms with Crippen LogP contribution >= 0.6 is 0 Å². The van der Waals surface area contributed by atoms with Crippen molar-refractivity contribution in [3.8, 4) is 16.9 Å². The van der Waals surface area contributed by atoms with Crippen molar-refractivity contribution in [1.29, 1.82) is 0 Å². The quantitative estimate of drug-likeness (QED) is 0.329. The summed E-state index contributed by atoms with van der Waals surface area (Å²) in [5.41, 5.74) is 9.17. The van der Waals surface area contributed by atoms with Gasteiger partial charge in [-0.05, 0) is 35.4 Å². The lowest BCUT2D eigenvalue weighted by Crippen LogP contribution is -2.09. The highest BCUT2D eigenvalue weighted by molar-refractivity contribution is 5.94. The summed E-state index contributed by atoms with van der Waals surface area (Å²) in [6, 6.07) is 17.9. The Hall–Kier alpha value is -3.23. The maximum Gasteiger partial charge on any atom is 0.155 e. The van der Waals surface area contributed by atoms with E-state index in [4.69, 9.17) is 19.6 Å². The minimum atomic E-state index is -1.47. The second-order valence-electron chi connectivity index (χ2n) is 7.77. The van der Waals surface area contributed by atoms with E-state index in [0.29, 0.717) is 46.0 Å². The fourth-order valence-electron chi connectivity index (χ4n) is 3.88. The lowest BCUT2D eigenvalue weighted by molar-refractivity contribution is -0.0385. The van der Waals surface area contributed by atoms with Gasteiger partial charge >= 0.3 is 0 Å². The van der Waals surface area contributed by atoms with Crippen LogP contribution in [0.3, 0.4) is 0 Å². The third-order valence-corrected chi connectivity index (χ3v) is 5.37. The molecule has 0 amide bonds. The molecule has 4 rings (SSSR count). The van der Waals surface area contributed by atoms with Crippen molar-refractivity contribution in [3.05, 3.63) is 88.9 Å². The molecule has 33 heavy (non-hydrogen) atoms. The van der Waals surface area contributed by atoms with Gasteiger partial charge in [-0.15, -0.1) is 0 Å². The van der Waals surface area contributed by atoms with Gasteiger partial charge in [-0.3, -0.25) is 0 Å². The van der Waals surface area contributed by atoms with Crippen molar-refractivity contribution in [2.24, 2.45) is 5.73 Å². The van der Waals surface area contributed by atoms with Gasteiger partial charge in [-0.1, -0.05) is 36.4 Å². The summed E-state index contributed by atoms with van der Waals surface area (Å²) >= 11 is 0. The minimum absolute atomic E-state index is 0.0552. The molecule has 0 aliphatic rings. The predicted molar refractivity (Wildman–Crippen MR) is 123 cm³/mol. The molecular formula is C26H26FNO5. The SMILES string of the molecule is COCc1cc2cc(COc3ccccc3CC(O)O)cc(-c3cccc(CN)c3F)c2o1. The number of benzene rings is 3. The first-order valence-electron chi connectivity index (χ1n) is 10.6. The van der Waals surface area contributed by atoms with Crippen LogP contribution in [-0.4, -0.2) is 23.6 Å². The second-order valence-corrected chi connectivity index (χ2v) is 7.77. The molecule has 0 saturated heterocycles. The molecule has 0 atom stereocenters. The summed E-state index contributed by atoms with van der Waals surface area (Å²) in [4.78, 5) is 0. The third-order valence-electron chi connectivity index (χ3n) is 5.37. The van der Waals surface area contributed by atoms with Gasteiger partial charge in [-0.2, -0.15) is 0 Å². The standard InChI is InChI=1S/C26H26FNO5/c1-31-15-20-11-19-9-16(14-32-23-8-3-2-5-17(23)12-24(29)30)10-22(26(19)33-20)21-7-4-6-18(13-28)25(21)27/h2-11,24,29-30H,12-15,28H2,1H3. The van der Waals surface area contributed by atoms with E-state index < -0.39 is 6.29 Å². The zero-order chi connectivity index (χ0) is 23.4. The summed E-state index contributed by atoms with van der Waals surface area (Å²) in [6.07, 6.45) is -1.42. The van der Waals surface area contributed by atoms with Gasteiger partial charge in [0.2, 0.25) is 0 Å². The number of furan rings is 1. The lowest BCUT2D eigenvalue weighted by Gasteiger charge is -2.14. The smallest absolute Gasteiger partial charge is 0.155 e. The lowest BCUT2D eigenvalue weighted by atomic mass is 9.98. The van der Waals surface area contributed by atoms with Gasteiger partial charge in [0.05, 0.1) is 0 Å². The van der Waals surface area contributed by atoms with E-state index in [1.54, 1.807) is 37.4 Å². The highest BCUT2D eigenvalue weighted by Gasteiger charge is 2.17. The van der Waals surface area contributed by atoms with Crippen LogP contribution in [0.1, 0.15) is 22.5 Å². The van der Waals surface area contributed by atoms with E-state index in [0.717, 1.165) is 10.9 Å². The number of aliphatic hydroxyl groups is 2. The van der Waals surface area contributed by atoms with E-state index in [2.05, 4.69) is 0 Å². The number of aliphatic hydroxyl groups excluding tert-OH is 1. The number of fused-ring (bicyclic) bond motifs is 1. The van der Waals surface area contributed by atoms with Gasteiger partial charge in [0.25, 0.3) is 0 Å². The first-order valence-corrected chi connectivity index (χ1v) is 10.6. The number of ether oxygens (including phenoxy) is 2. The maximum atomic E-state index is 15.2. The zero-order valence-corrected chi connectivity index (χ0v) is 18.3. The van der Waals surface area contributed by atoms with Crippen LogP contribution in [0.25, 0.3) is 22.1 Å². The molecule has 172 valence electrons. The van der Waals surface area contributed by atoms with E-state index in [9.17, 15) is 10.2 Å². The Kier molecular flexibility index (Phi) is 7.05. The number of hydrogen-bond acceptors (Lipinski definition) is 6. The van der Waals surface area contributed by atoms with Crippen LogP contribution in [0.2, 0.25) is 0 Å². The van der Waals surface area contributed by atoms with Crippen molar-refractivity contribution in [2.45, 2.75) is 32.5 Å². The number of rotatable bonds is 9. The number of halogens is 1. The van der Waals surface area contributed by atoms with Crippen LogP contribution in [0.15, 0.2) is 65.1 Å². The van der Waals surface area contributed by atoms with Crippen LogP contribution in [0, 0.1) is 5.82 Å². The molecule has 4 N–H and O–H groups in total. The van der Waals surface area contributed by atoms with Gasteiger partial charge in [0, 0.05) is 42.2 Å². The summed E-state index contributed by atoms with van der Waals surface area (Å²) < 4.78 is 32.4. The Balaban J connectivity index is 1.75.